The van der Waals surface area contributed by atoms with Crippen LogP contribution in [0.25, 0.3) is 0 Å². The van der Waals surface area contributed by atoms with Crippen molar-refractivity contribution in [2.45, 2.75) is 30.0 Å². The number of amides is 1. The van der Waals surface area contributed by atoms with Crippen LogP contribution in [0.15, 0.2) is 47.5 Å². The van der Waals surface area contributed by atoms with E-state index in [9.17, 15) is 26.4 Å². The van der Waals surface area contributed by atoms with Crippen molar-refractivity contribution >= 4 is 15.9 Å². The number of piperidine rings is 1. The number of nitrogens with zero attached hydrogens (tertiary/aromatic N) is 2. The molecule has 0 saturated carbocycles. The number of ether oxygens (including phenoxy) is 2. The summed E-state index contributed by atoms with van der Waals surface area (Å²) in [6, 6.07) is 8.38. The molecule has 0 bridgehead atoms. The Labute approximate surface area is 183 Å². The highest BCUT2D eigenvalue weighted by atomic mass is 32.2. The van der Waals surface area contributed by atoms with E-state index in [1.165, 1.54) is 35.7 Å². The van der Waals surface area contributed by atoms with E-state index < -0.39 is 28.7 Å². The smallest absolute Gasteiger partial charge is 0.422 e. The monoisotopic (exact) mass is 473 g/mol. The van der Waals surface area contributed by atoms with Gasteiger partial charge in [-0.05, 0) is 43.2 Å². The molecule has 0 radical (unpaired) electrons. The Balaban J connectivity index is 1.52. The maximum atomic E-state index is 12.8. The molecule has 0 aliphatic carbocycles. The third-order valence-corrected chi connectivity index (χ3v) is 6.78. The summed E-state index contributed by atoms with van der Waals surface area (Å²) in [7, 11) is -2.16. The summed E-state index contributed by atoms with van der Waals surface area (Å²) in [5.41, 5.74) is 0.164. The van der Waals surface area contributed by atoms with Crippen LogP contribution in [0.2, 0.25) is 0 Å². The predicted octanol–water partition coefficient (Wildman–Crippen LogP) is 2.61. The van der Waals surface area contributed by atoms with E-state index in [2.05, 4.69) is 15.0 Å². The van der Waals surface area contributed by atoms with Crippen LogP contribution in [-0.2, 0) is 10.0 Å². The molecule has 0 unspecified atom stereocenters. The Morgan fingerprint density at radius 3 is 2.34 bits per heavy atom. The van der Waals surface area contributed by atoms with Crippen LogP contribution < -0.4 is 14.8 Å². The number of carbonyl (C=O) groups is 1. The van der Waals surface area contributed by atoms with Crippen molar-refractivity contribution in [1.29, 1.82) is 0 Å². The predicted molar refractivity (Wildman–Crippen MR) is 108 cm³/mol. The first-order valence-electron chi connectivity index (χ1n) is 9.69. The quantitative estimate of drug-likeness (QED) is 0.664. The summed E-state index contributed by atoms with van der Waals surface area (Å²) in [4.78, 5) is 16.3. The average molecular weight is 473 g/mol. The summed E-state index contributed by atoms with van der Waals surface area (Å²) < 4.78 is 73.0. The van der Waals surface area contributed by atoms with Crippen molar-refractivity contribution in [1.82, 2.24) is 14.6 Å². The third-order valence-electron chi connectivity index (χ3n) is 4.87. The van der Waals surface area contributed by atoms with Crippen LogP contribution in [0.3, 0.4) is 0 Å². The maximum absolute atomic E-state index is 12.8. The molecule has 1 aromatic heterocycles. The molecule has 1 N–H and O–H groups in total. The van der Waals surface area contributed by atoms with Crippen molar-refractivity contribution in [2.24, 2.45) is 0 Å². The minimum absolute atomic E-state index is 0.164. The molecule has 1 amide bonds. The fraction of sp³-hybridized carbons (Fsp3) is 0.400. The number of pyridine rings is 1. The van der Waals surface area contributed by atoms with Gasteiger partial charge >= 0.3 is 6.18 Å². The summed E-state index contributed by atoms with van der Waals surface area (Å²) in [6.07, 6.45) is -2.51. The maximum Gasteiger partial charge on any atom is 0.422 e. The first-order chi connectivity index (χ1) is 15.1. The Morgan fingerprint density at radius 2 is 1.81 bits per heavy atom. The van der Waals surface area contributed by atoms with Crippen molar-refractivity contribution in [3.63, 3.8) is 0 Å². The molecule has 0 spiro atoms. The molecule has 12 heteroatoms. The molecule has 32 heavy (non-hydrogen) atoms. The Morgan fingerprint density at radius 1 is 1.16 bits per heavy atom. The molecule has 1 fully saturated rings. The number of carbonyl (C=O) groups excluding carboxylic acids is 1. The van der Waals surface area contributed by atoms with E-state index in [-0.39, 0.29) is 35.5 Å². The van der Waals surface area contributed by atoms with Gasteiger partial charge in [-0.25, -0.2) is 13.4 Å². The lowest BCUT2D eigenvalue weighted by molar-refractivity contribution is -0.154. The van der Waals surface area contributed by atoms with E-state index in [1.54, 1.807) is 12.1 Å². The van der Waals surface area contributed by atoms with Gasteiger partial charge in [-0.15, -0.1) is 0 Å². The second-order valence-corrected chi connectivity index (χ2v) is 9.05. The van der Waals surface area contributed by atoms with Crippen LogP contribution in [0, 0.1) is 0 Å². The number of halogens is 3. The lowest BCUT2D eigenvalue weighted by Crippen LogP contribution is -2.46. The molecule has 1 aliphatic heterocycles. The second-order valence-electron chi connectivity index (χ2n) is 7.12. The van der Waals surface area contributed by atoms with Gasteiger partial charge in [-0.2, -0.15) is 17.5 Å². The standard InChI is InChI=1S/C20H22F3N3O5S/c1-30-16-3-5-17(6-4-16)32(28,29)26-10-8-15(9-11-26)25-19(27)14-2-7-18(24-12-14)31-13-20(21,22)23/h2-7,12,15H,8-11,13H2,1H3,(H,25,27). The zero-order valence-electron chi connectivity index (χ0n) is 17.1. The first kappa shape index (κ1) is 23.8. The summed E-state index contributed by atoms with van der Waals surface area (Å²) in [5, 5.41) is 2.80. The van der Waals surface area contributed by atoms with Crippen molar-refractivity contribution in [3.05, 3.63) is 48.2 Å². The number of alkyl halides is 3. The van der Waals surface area contributed by atoms with Gasteiger partial charge in [0.1, 0.15) is 5.75 Å². The lowest BCUT2D eigenvalue weighted by Gasteiger charge is -2.31. The molecule has 1 saturated heterocycles. The molecule has 0 atom stereocenters. The molecule has 8 nitrogen and oxygen atoms in total. The average Bonchev–Trinajstić information content (AvgIpc) is 2.78. The largest absolute Gasteiger partial charge is 0.497 e. The molecular formula is C20H22F3N3O5S. The van der Waals surface area contributed by atoms with Crippen molar-refractivity contribution < 1.29 is 35.9 Å². The summed E-state index contributed by atoms with van der Waals surface area (Å²) >= 11 is 0. The van der Waals surface area contributed by atoms with E-state index in [0.29, 0.717) is 18.6 Å². The van der Waals surface area contributed by atoms with Gasteiger partial charge in [0.15, 0.2) is 6.61 Å². The highest BCUT2D eigenvalue weighted by molar-refractivity contribution is 7.89. The molecule has 2 heterocycles. The zero-order valence-corrected chi connectivity index (χ0v) is 17.9. The number of aromatic nitrogens is 1. The number of benzene rings is 1. The zero-order chi connectivity index (χ0) is 23.4. The summed E-state index contributed by atoms with van der Waals surface area (Å²) in [5.74, 6) is -0.132. The van der Waals surface area contributed by atoms with Crippen LogP contribution in [0.4, 0.5) is 13.2 Å². The third kappa shape index (κ3) is 6.10. The first-order valence-corrected chi connectivity index (χ1v) is 11.1. The highest BCUT2D eigenvalue weighted by Crippen LogP contribution is 2.23. The normalized spacial score (nSPS) is 15.9. The SMILES string of the molecule is COc1ccc(S(=O)(=O)N2CCC(NC(=O)c3ccc(OCC(F)(F)F)nc3)CC2)cc1. The van der Waals surface area contributed by atoms with E-state index in [4.69, 9.17) is 4.74 Å². The van der Waals surface area contributed by atoms with Crippen molar-refractivity contribution in [2.75, 3.05) is 26.8 Å². The topological polar surface area (TPSA) is 97.8 Å². The van der Waals surface area contributed by atoms with Gasteiger partial charge in [-0.1, -0.05) is 0 Å². The van der Waals surface area contributed by atoms with Gasteiger partial charge in [-0.3, -0.25) is 4.79 Å². The van der Waals surface area contributed by atoms with Gasteiger partial charge in [0.05, 0.1) is 17.6 Å². The van der Waals surface area contributed by atoms with Gasteiger partial charge < -0.3 is 14.8 Å². The molecule has 1 aliphatic rings. The van der Waals surface area contributed by atoms with Crippen LogP contribution >= 0.6 is 0 Å². The Bertz CT molecular complexity index is 1020. The molecule has 3 rings (SSSR count). The van der Waals surface area contributed by atoms with E-state index in [0.717, 1.165) is 6.20 Å². The molecular weight excluding hydrogens is 451 g/mol. The van der Waals surface area contributed by atoms with E-state index in [1.807, 2.05) is 0 Å². The molecule has 1 aromatic carbocycles. The Hall–Kier alpha value is -2.86. The Kier molecular flexibility index (Phi) is 7.24. The van der Waals surface area contributed by atoms with Gasteiger partial charge in [0.2, 0.25) is 15.9 Å². The lowest BCUT2D eigenvalue weighted by atomic mass is 10.1. The van der Waals surface area contributed by atoms with Crippen LogP contribution in [0.1, 0.15) is 23.2 Å². The summed E-state index contributed by atoms with van der Waals surface area (Å²) in [6.45, 7) is -0.993. The second kappa shape index (κ2) is 9.74. The number of rotatable bonds is 7. The number of methoxy groups -OCH3 is 1. The molecule has 174 valence electrons. The van der Waals surface area contributed by atoms with E-state index >= 15 is 0 Å². The fourth-order valence-corrected chi connectivity index (χ4v) is 4.63. The fourth-order valence-electron chi connectivity index (χ4n) is 3.16. The van der Waals surface area contributed by atoms with Gasteiger partial charge in [0, 0.05) is 31.4 Å². The highest BCUT2D eigenvalue weighted by Gasteiger charge is 2.30. The molecule has 2 aromatic rings. The van der Waals surface area contributed by atoms with Crippen LogP contribution in [0.5, 0.6) is 11.6 Å². The number of sulfonamides is 1. The van der Waals surface area contributed by atoms with Gasteiger partial charge in [0.25, 0.3) is 5.91 Å². The number of nitrogens with one attached hydrogen (secondary N) is 1. The van der Waals surface area contributed by atoms with Crippen LogP contribution in [-0.4, -0.2) is 62.6 Å². The number of hydrogen-bond acceptors (Lipinski definition) is 6. The minimum Gasteiger partial charge on any atom is -0.497 e. The van der Waals surface area contributed by atoms with Crippen molar-refractivity contribution in [3.8, 4) is 11.6 Å². The minimum atomic E-state index is -4.48. The number of hydrogen-bond donors (Lipinski definition) is 1.